The molecule has 2 bridgehead atoms. The highest BCUT2D eigenvalue weighted by Gasteiger charge is 2.64. The molecule has 2 aromatic carbocycles. The highest BCUT2D eigenvalue weighted by Crippen LogP contribution is 2.63. The van der Waals surface area contributed by atoms with E-state index >= 15 is 0 Å². The first kappa shape index (κ1) is 29.9. The van der Waals surface area contributed by atoms with Crippen LogP contribution in [0.25, 0.3) is 10.2 Å². The predicted molar refractivity (Wildman–Crippen MR) is 172 cm³/mol. The van der Waals surface area contributed by atoms with E-state index in [-0.39, 0.29) is 24.4 Å². The number of thiazole rings is 1. The van der Waals surface area contributed by atoms with E-state index in [1.807, 2.05) is 30.3 Å². The van der Waals surface area contributed by atoms with Gasteiger partial charge in [0.1, 0.15) is 18.3 Å². The Balaban J connectivity index is 0.948. The number of nitrogens with zero attached hydrogens (tertiary/aromatic N) is 2. The van der Waals surface area contributed by atoms with Crippen LogP contribution < -0.4 is 10.6 Å². The molecule has 2 aliphatic carbocycles. The van der Waals surface area contributed by atoms with Gasteiger partial charge in [0.25, 0.3) is 0 Å². The molecule has 1 aromatic heterocycles. The Hall–Kier alpha value is -2.45. The topological polar surface area (TPSA) is 114 Å². The van der Waals surface area contributed by atoms with Gasteiger partial charge in [-0.15, -0.1) is 0 Å². The van der Waals surface area contributed by atoms with E-state index in [0.29, 0.717) is 38.1 Å². The number of hydrogen-bond donors (Lipinski definition) is 3. The number of aliphatic hydroxyl groups excluding tert-OH is 1. The number of benzene rings is 2. The van der Waals surface area contributed by atoms with Crippen molar-refractivity contribution < 1.29 is 28.8 Å². The van der Waals surface area contributed by atoms with Crippen LogP contribution in [0.5, 0.6) is 0 Å². The van der Waals surface area contributed by atoms with Crippen LogP contribution in [0.4, 0.5) is 9.93 Å². The van der Waals surface area contributed by atoms with Crippen LogP contribution >= 0.6 is 23.3 Å². The Morgan fingerprint density at radius 1 is 1.13 bits per heavy atom. The molecule has 3 saturated heterocycles. The number of carbonyl (C=O) groups is 1. The number of alkyl carbamates (subject to hydrolysis) is 1. The van der Waals surface area contributed by atoms with Gasteiger partial charge < -0.3 is 34.7 Å². The number of rotatable bonds is 13. The maximum absolute atomic E-state index is 13.3. The predicted octanol–water partition coefficient (Wildman–Crippen LogP) is 4.53. The molecule has 8 rings (SSSR count). The van der Waals surface area contributed by atoms with Crippen LogP contribution in [0.3, 0.4) is 0 Å². The summed E-state index contributed by atoms with van der Waals surface area (Å²) in [5, 5.41) is 19.3. The van der Waals surface area contributed by atoms with Crippen molar-refractivity contribution in [3.8, 4) is 0 Å². The molecule has 10 nitrogen and oxygen atoms in total. The largest absolute Gasteiger partial charge is 0.443 e. The lowest BCUT2D eigenvalue weighted by molar-refractivity contribution is -0.231. The summed E-state index contributed by atoms with van der Waals surface area (Å²) in [6.45, 7) is 6.25. The zero-order valence-corrected chi connectivity index (χ0v) is 27.0. The van der Waals surface area contributed by atoms with Crippen molar-refractivity contribution in [2.24, 2.45) is 23.7 Å². The van der Waals surface area contributed by atoms with Crippen LogP contribution in [0.1, 0.15) is 25.8 Å². The van der Waals surface area contributed by atoms with Crippen molar-refractivity contribution in [1.82, 2.24) is 14.6 Å². The van der Waals surface area contributed by atoms with Crippen LogP contribution in [-0.4, -0.2) is 89.6 Å². The zero-order valence-electron chi connectivity index (χ0n) is 25.4. The number of fused-ring (bicyclic) bond motifs is 3. The smallest absolute Gasteiger partial charge is 0.407 e. The molecule has 4 heterocycles. The van der Waals surface area contributed by atoms with Crippen LogP contribution in [-0.2, 0) is 25.4 Å². The fourth-order valence-electron chi connectivity index (χ4n) is 6.89. The summed E-state index contributed by atoms with van der Waals surface area (Å²) >= 11 is 3.34. The third-order valence-electron chi connectivity index (χ3n) is 9.51. The molecule has 2 saturated carbocycles. The van der Waals surface area contributed by atoms with Crippen molar-refractivity contribution >= 4 is 44.7 Å². The molecular weight excluding hydrogens is 613 g/mol. The van der Waals surface area contributed by atoms with Gasteiger partial charge in [0.05, 0.1) is 41.5 Å². The van der Waals surface area contributed by atoms with Gasteiger partial charge in [0.2, 0.25) is 0 Å². The lowest BCUT2D eigenvalue weighted by Gasteiger charge is -2.31. The lowest BCUT2D eigenvalue weighted by atomic mass is 9.99. The molecule has 3 aliphatic heterocycles. The van der Waals surface area contributed by atoms with E-state index in [9.17, 15) is 9.90 Å². The van der Waals surface area contributed by atoms with Crippen molar-refractivity contribution in [2.45, 2.75) is 74.4 Å². The van der Waals surface area contributed by atoms with Crippen molar-refractivity contribution in [3.05, 3.63) is 54.1 Å². The number of aromatic nitrogens is 1. The summed E-state index contributed by atoms with van der Waals surface area (Å²) in [4.78, 5) is 19.2. The van der Waals surface area contributed by atoms with Crippen molar-refractivity contribution in [3.63, 3.8) is 0 Å². The minimum atomic E-state index is -0.849. The summed E-state index contributed by atoms with van der Waals surface area (Å²) in [5.41, 5.74) is 2.03. The number of ether oxygens (including phenoxy) is 4. The Kier molecular flexibility index (Phi) is 8.17. The third kappa shape index (κ3) is 6.43. The minimum absolute atomic E-state index is 0.0502. The summed E-state index contributed by atoms with van der Waals surface area (Å²) in [6, 6.07) is 16.3. The van der Waals surface area contributed by atoms with Crippen LogP contribution in [0.15, 0.2) is 53.4 Å². The molecule has 7 unspecified atom stereocenters. The van der Waals surface area contributed by atoms with E-state index < -0.39 is 24.3 Å². The second-order valence-corrected chi connectivity index (χ2v) is 15.6. The number of nitrogens with one attached hydrogen (secondary N) is 2. The van der Waals surface area contributed by atoms with Gasteiger partial charge in [-0.1, -0.05) is 55.5 Å². The van der Waals surface area contributed by atoms with E-state index in [0.717, 1.165) is 44.2 Å². The highest BCUT2D eigenvalue weighted by atomic mass is 32.2. The molecule has 45 heavy (non-hydrogen) atoms. The van der Waals surface area contributed by atoms with E-state index in [1.165, 1.54) is 6.42 Å². The van der Waals surface area contributed by atoms with Gasteiger partial charge in [-0.25, -0.2) is 14.1 Å². The minimum Gasteiger partial charge on any atom is -0.443 e. The molecule has 12 heteroatoms. The monoisotopic (exact) mass is 652 g/mol. The molecule has 9 atom stereocenters. The lowest BCUT2D eigenvalue weighted by Crippen LogP contribution is -2.50. The molecule has 0 radical (unpaired) electrons. The number of anilines is 1. The van der Waals surface area contributed by atoms with E-state index in [4.69, 9.17) is 23.9 Å². The average molecular weight is 653 g/mol. The van der Waals surface area contributed by atoms with Gasteiger partial charge in [-0.2, -0.15) is 0 Å². The Morgan fingerprint density at radius 2 is 1.96 bits per heavy atom. The fourth-order valence-corrected chi connectivity index (χ4v) is 9.11. The summed E-state index contributed by atoms with van der Waals surface area (Å²) in [7, 11) is 0. The second kappa shape index (κ2) is 12.3. The molecule has 0 spiro atoms. The van der Waals surface area contributed by atoms with Gasteiger partial charge in [-0.3, -0.25) is 0 Å². The standard InChI is InChI=1S/C33H40N4O6S2/c1-17(2)13-37(45-19-8-9-23-27(11-19)44-32(34-23)36-28-20-12-21(20)28)14-25(38)24(10-18-6-4-3-5-7-18)35-33(39)43-29-22-15-40-31-30(22)42-26(29)16-41-31/h3-9,11,17,20-22,24-26,28-31,38H,10,12-16H2,1-2H3,(H,34,36)(H,35,39)/t20?,21?,22?,24-,25+,26?,28?,29?,30?,31?/m0/s1. The molecule has 3 N–H and O–H groups in total. The SMILES string of the molecule is CC(C)CN(C[C@@H](O)[C@H](Cc1ccccc1)NC(=O)OC1C2COC3OCC1C3O2)Sc1ccc2nc(NC3C4CC43)sc2c1. The number of carbonyl (C=O) groups excluding carboxylic acids is 1. The molecule has 5 aliphatic rings. The molecular formula is C33H40N4O6S2. The second-order valence-electron chi connectivity index (χ2n) is 13.4. The number of hydrogen-bond acceptors (Lipinski definition) is 11. The zero-order chi connectivity index (χ0) is 30.7. The van der Waals surface area contributed by atoms with Gasteiger partial charge in [0.15, 0.2) is 11.4 Å². The maximum Gasteiger partial charge on any atom is 0.407 e. The summed E-state index contributed by atoms with van der Waals surface area (Å²) in [5.74, 6) is 2.07. The highest BCUT2D eigenvalue weighted by molar-refractivity contribution is 7.97. The number of amides is 1. The molecule has 5 fully saturated rings. The van der Waals surface area contributed by atoms with Gasteiger partial charge >= 0.3 is 6.09 Å². The van der Waals surface area contributed by atoms with Crippen LogP contribution in [0.2, 0.25) is 0 Å². The van der Waals surface area contributed by atoms with E-state index in [2.05, 4.69) is 47.0 Å². The maximum atomic E-state index is 13.3. The third-order valence-corrected chi connectivity index (χ3v) is 11.5. The van der Waals surface area contributed by atoms with Gasteiger partial charge in [-0.05, 0) is 66.3 Å². The van der Waals surface area contributed by atoms with Crippen LogP contribution in [0, 0.1) is 23.7 Å². The van der Waals surface area contributed by atoms with Gasteiger partial charge in [0, 0.05) is 24.0 Å². The van der Waals surface area contributed by atoms with Crippen molar-refractivity contribution in [2.75, 3.05) is 31.6 Å². The first-order valence-electron chi connectivity index (χ1n) is 16.1. The molecule has 1 amide bonds. The fraction of sp³-hybridized carbons (Fsp3) is 0.576. The quantitative estimate of drug-likeness (QED) is 0.228. The summed E-state index contributed by atoms with van der Waals surface area (Å²) < 4.78 is 26.7. The first-order valence-corrected chi connectivity index (χ1v) is 17.6. The van der Waals surface area contributed by atoms with E-state index in [1.54, 1.807) is 23.3 Å². The molecule has 3 aromatic rings. The first-order chi connectivity index (χ1) is 21.9. The molecule has 240 valence electrons. The normalized spacial score (nSPS) is 32.0. The average Bonchev–Trinajstić information content (AvgIpc) is 3.79. The van der Waals surface area contributed by atoms with Crippen molar-refractivity contribution in [1.29, 1.82) is 0 Å². The Bertz CT molecular complexity index is 1520. The Labute approximate surface area is 271 Å². The Morgan fingerprint density at radius 3 is 2.73 bits per heavy atom. The number of aliphatic hydroxyl groups is 1. The summed E-state index contributed by atoms with van der Waals surface area (Å²) in [6.07, 6.45) is -0.918.